The van der Waals surface area contributed by atoms with Gasteiger partial charge in [-0.3, -0.25) is 4.79 Å². The Labute approximate surface area is 186 Å². The number of ether oxygens (including phenoxy) is 1. The van der Waals surface area contributed by atoms with Gasteiger partial charge < -0.3 is 19.9 Å². The van der Waals surface area contributed by atoms with Crippen LogP contribution < -0.4 is 10.5 Å². The van der Waals surface area contributed by atoms with E-state index in [0.29, 0.717) is 36.0 Å². The van der Waals surface area contributed by atoms with Crippen LogP contribution in [0.2, 0.25) is 0 Å². The number of halogens is 2. The largest absolute Gasteiger partial charge is 0.457 e. The maximum atomic E-state index is 14.5. The Morgan fingerprint density at radius 1 is 1.23 bits per heavy atom. The third-order valence-corrected chi connectivity index (χ3v) is 5.26. The number of aryl methyl sites for hydroxylation is 1. The molecule has 31 heavy (non-hydrogen) atoms. The van der Waals surface area contributed by atoms with Crippen molar-refractivity contribution in [2.24, 2.45) is 5.73 Å². The number of nitrogens with zero attached hydrogens (tertiary/aromatic N) is 2. The second-order valence-electron chi connectivity index (χ2n) is 7.45. The van der Waals surface area contributed by atoms with Gasteiger partial charge in [0.2, 0.25) is 0 Å². The molecule has 1 amide bonds. The lowest BCUT2D eigenvalue weighted by molar-refractivity contribution is 0.0725. The van der Waals surface area contributed by atoms with Crippen molar-refractivity contribution in [1.29, 1.82) is 0 Å². The average molecular weight is 446 g/mol. The van der Waals surface area contributed by atoms with Gasteiger partial charge in [0.15, 0.2) is 0 Å². The van der Waals surface area contributed by atoms with Gasteiger partial charge in [-0.2, -0.15) is 0 Å². The van der Waals surface area contributed by atoms with Crippen molar-refractivity contribution >= 4 is 18.3 Å². The third kappa shape index (κ3) is 5.06. The summed E-state index contributed by atoms with van der Waals surface area (Å²) < 4.78 is 25.5. The number of aromatic nitrogens is 1. The molecule has 2 heterocycles. The highest BCUT2D eigenvalue weighted by Gasteiger charge is 2.33. The monoisotopic (exact) mass is 445 g/mol. The molecule has 4 rings (SSSR count). The molecule has 1 aromatic heterocycles. The topological polar surface area (TPSA) is 81.6 Å². The van der Waals surface area contributed by atoms with E-state index in [4.69, 9.17) is 15.0 Å². The summed E-state index contributed by atoms with van der Waals surface area (Å²) in [6.45, 7) is 2.93. The summed E-state index contributed by atoms with van der Waals surface area (Å²) in [6, 6.07) is 13.4. The Hall–Kier alpha value is -2.90. The summed E-state index contributed by atoms with van der Waals surface area (Å²) in [5, 5.41) is 4.04. The maximum absolute atomic E-state index is 14.5. The van der Waals surface area contributed by atoms with E-state index < -0.39 is 5.82 Å². The van der Waals surface area contributed by atoms with Gasteiger partial charge in [-0.05, 0) is 68.6 Å². The van der Waals surface area contributed by atoms with E-state index in [0.717, 1.165) is 24.8 Å². The van der Waals surface area contributed by atoms with Crippen LogP contribution in [-0.4, -0.2) is 29.1 Å². The highest BCUT2D eigenvalue weighted by atomic mass is 35.5. The van der Waals surface area contributed by atoms with Gasteiger partial charge in [-0.15, -0.1) is 12.4 Å². The van der Waals surface area contributed by atoms with Crippen LogP contribution in [0, 0.1) is 12.7 Å². The van der Waals surface area contributed by atoms with Gasteiger partial charge in [0.1, 0.15) is 28.8 Å². The number of rotatable bonds is 6. The minimum Gasteiger partial charge on any atom is -0.457 e. The molecule has 0 spiro atoms. The molecule has 0 aliphatic carbocycles. The highest BCUT2D eigenvalue weighted by Crippen LogP contribution is 2.34. The summed E-state index contributed by atoms with van der Waals surface area (Å²) in [4.78, 5) is 14.8. The van der Waals surface area contributed by atoms with E-state index in [1.807, 2.05) is 30.3 Å². The first kappa shape index (κ1) is 22.8. The number of benzene rings is 2. The van der Waals surface area contributed by atoms with Crippen molar-refractivity contribution in [3.63, 3.8) is 0 Å². The van der Waals surface area contributed by atoms with Gasteiger partial charge in [0, 0.05) is 12.6 Å². The number of hydrogen-bond acceptors (Lipinski definition) is 5. The number of hydrogen-bond donors (Lipinski definition) is 1. The Morgan fingerprint density at radius 2 is 1.97 bits per heavy atom. The Balaban J connectivity index is 0.00000272. The highest BCUT2D eigenvalue weighted by molar-refractivity contribution is 5.95. The third-order valence-electron chi connectivity index (χ3n) is 5.26. The molecule has 0 saturated carbocycles. The number of carbonyl (C=O) groups excluding carboxylic acids is 1. The lowest BCUT2D eigenvalue weighted by Crippen LogP contribution is -2.31. The fourth-order valence-corrected chi connectivity index (χ4v) is 3.77. The zero-order valence-corrected chi connectivity index (χ0v) is 18.0. The molecular formula is C23H25ClFN3O3. The Bertz CT molecular complexity index is 1040. The number of carbonyl (C=O) groups is 1. The summed E-state index contributed by atoms with van der Waals surface area (Å²) in [6.07, 6.45) is 2.39. The van der Waals surface area contributed by atoms with Crippen LogP contribution in [0.4, 0.5) is 4.39 Å². The van der Waals surface area contributed by atoms with E-state index in [9.17, 15) is 9.18 Å². The molecule has 8 heteroatoms. The molecule has 1 aliphatic rings. The fraction of sp³-hybridized carbons (Fsp3) is 0.304. The molecule has 1 aliphatic heterocycles. The van der Waals surface area contributed by atoms with Crippen molar-refractivity contribution in [3.8, 4) is 11.5 Å². The van der Waals surface area contributed by atoms with Crippen LogP contribution in [0.5, 0.6) is 11.5 Å². The van der Waals surface area contributed by atoms with Crippen LogP contribution in [0.15, 0.2) is 53.1 Å². The number of likely N-dealkylation sites (tertiary alicyclic amines) is 1. The molecular weight excluding hydrogens is 421 g/mol. The molecule has 6 nitrogen and oxygen atoms in total. The first-order valence-electron chi connectivity index (χ1n) is 10.1. The van der Waals surface area contributed by atoms with Crippen molar-refractivity contribution in [2.75, 3.05) is 13.1 Å². The summed E-state index contributed by atoms with van der Waals surface area (Å²) in [7, 11) is 0. The van der Waals surface area contributed by atoms with Crippen molar-refractivity contribution < 1.29 is 18.4 Å². The first-order chi connectivity index (χ1) is 14.5. The maximum Gasteiger partial charge on any atom is 0.257 e. The molecule has 1 fully saturated rings. The fourth-order valence-electron chi connectivity index (χ4n) is 3.77. The van der Waals surface area contributed by atoms with Gasteiger partial charge >= 0.3 is 0 Å². The molecule has 2 N–H and O–H groups in total. The zero-order valence-electron chi connectivity index (χ0n) is 17.2. The van der Waals surface area contributed by atoms with E-state index in [2.05, 4.69) is 5.16 Å². The number of amides is 1. The van der Waals surface area contributed by atoms with E-state index in [1.54, 1.807) is 11.8 Å². The van der Waals surface area contributed by atoms with Crippen LogP contribution in [-0.2, 0) is 6.42 Å². The van der Waals surface area contributed by atoms with Gasteiger partial charge in [0.25, 0.3) is 5.91 Å². The van der Waals surface area contributed by atoms with Crippen LogP contribution in [0.3, 0.4) is 0 Å². The Kier molecular flexibility index (Phi) is 7.30. The zero-order chi connectivity index (χ0) is 21.1. The van der Waals surface area contributed by atoms with Gasteiger partial charge in [-0.1, -0.05) is 17.3 Å². The normalized spacial score (nSPS) is 15.6. The van der Waals surface area contributed by atoms with E-state index in [-0.39, 0.29) is 29.9 Å². The van der Waals surface area contributed by atoms with Crippen LogP contribution >= 0.6 is 12.4 Å². The molecule has 1 atom stereocenters. The molecule has 3 aromatic rings. The molecule has 164 valence electrons. The van der Waals surface area contributed by atoms with Crippen molar-refractivity contribution in [2.45, 2.75) is 32.2 Å². The Morgan fingerprint density at radius 3 is 2.65 bits per heavy atom. The van der Waals surface area contributed by atoms with Crippen molar-refractivity contribution in [1.82, 2.24) is 10.1 Å². The predicted octanol–water partition coefficient (Wildman–Crippen LogP) is 4.81. The second kappa shape index (κ2) is 9.94. The molecule has 0 radical (unpaired) electrons. The second-order valence-corrected chi connectivity index (χ2v) is 7.45. The summed E-state index contributed by atoms with van der Waals surface area (Å²) in [5.74, 6) is 0.743. The first-order valence-corrected chi connectivity index (χ1v) is 10.1. The predicted molar refractivity (Wildman–Crippen MR) is 117 cm³/mol. The summed E-state index contributed by atoms with van der Waals surface area (Å²) >= 11 is 0. The lowest BCUT2D eigenvalue weighted by Gasteiger charge is -2.23. The molecule has 2 aromatic carbocycles. The van der Waals surface area contributed by atoms with Gasteiger partial charge in [0.05, 0.1) is 11.6 Å². The SMILES string of the molecule is Cc1cc(C2CCCN2C(=O)c2cc(Oc3ccc(CCN)cc3)ccc2F)no1.Cl. The number of nitrogens with two attached hydrogens (primary N) is 1. The van der Waals surface area contributed by atoms with E-state index in [1.165, 1.54) is 18.2 Å². The van der Waals surface area contributed by atoms with E-state index >= 15 is 0 Å². The quantitative estimate of drug-likeness (QED) is 0.588. The standard InChI is InChI=1S/C23H24FN3O3.ClH/c1-15-13-21(26-30-15)22-3-2-12-27(22)23(28)19-14-18(8-9-20(19)24)29-17-6-4-16(5-7-17)10-11-25;/h4-9,13-14,22H,2-3,10-12,25H2,1H3;1H. The summed E-state index contributed by atoms with van der Waals surface area (Å²) in [5.41, 5.74) is 7.37. The van der Waals surface area contributed by atoms with Crippen LogP contribution in [0.1, 0.15) is 46.3 Å². The van der Waals surface area contributed by atoms with Crippen LogP contribution in [0.25, 0.3) is 0 Å². The minimum atomic E-state index is -0.576. The molecule has 0 bridgehead atoms. The average Bonchev–Trinajstić information content (AvgIpc) is 3.39. The lowest BCUT2D eigenvalue weighted by atomic mass is 10.1. The molecule has 1 unspecified atom stereocenters. The smallest absolute Gasteiger partial charge is 0.257 e. The van der Waals surface area contributed by atoms with Gasteiger partial charge in [-0.25, -0.2) is 4.39 Å². The molecule has 1 saturated heterocycles. The van der Waals surface area contributed by atoms with Crippen molar-refractivity contribution in [3.05, 3.63) is 76.9 Å². The minimum absolute atomic E-state index is 0.